The van der Waals surface area contributed by atoms with Gasteiger partial charge in [0.1, 0.15) is 11.9 Å². The van der Waals surface area contributed by atoms with Gasteiger partial charge in [0.25, 0.3) is 0 Å². The standard InChI is InChI=1S/C14H22ClNO/c1-4-8-16-10-12(5-2)17-14-7-6-11(3)9-13(14)15/h6-7,9,12,16H,4-5,8,10H2,1-3H3. The average Bonchev–Trinajstić information content (AvgIpc) is 2.31. The molecule has 0 fully saturated rings. The number of rotatable bonds is 7. The third kappa shape index (κ3) is 4.97. The maximum absolute atomic E-state index is 6.15. The fourth-order valence-corrected chi connectivity index (χ4v) is 1.87. The second-order valence-corrected chi connectivity index (χ2v) is 4.69. The lowest BCUT2D eigenvalue weighted by Crippen LogP contribution is -2.31. The van der Waals surface area contributed by atoms with Crippen LogP contribution >= 0.6 is 11.6 Å². The highest BCUT2D eigenvalue weighted by Crippen LogP contribution is 2.26. The molecule has 0 aromatic heterocycles. The number of hydrogen-bond acceptors (Lipinski definition) is 2. The molecule has 0 bridgehead atoms. The minimum atomic E-state index is 0.182. The fraction of sp³-hybridized carbons (Fsp3) is 0.571. The molecule has 1 atom stereocenters. The summed E-state index contributed by atoms with van der Waals surface area (Å²) >= 11 is 6.15. The van der Waals surface area contributed by atoms with Crippen molar-refractivity contribution in [2.24, 2.45) is 0 Å². The third-order valence-corrected chi connectivity index (χ3v) is 2.93. The summed E-state index contributed by atoms with van der Waals surface area (Å²) in [6.45, 7) is 8.21. The molecule has 0 spiro atoms. The molecule has 0 aliphatic heterocycles. The van der Waals surface area contributed by atoms with Gasteiger partial charge in [-0.15, -0.1) is 0 Å². The lowest BCUT2D eigenvalue weighted by atomic mass is 10.2. The molecular formula is C14H22ClNO. The molecule has 0 amide bonds. The van der Waals surface area contributed by atoms with Crippen LogP contribution in [0, 0.1) is 6.92 Å². The van der Waals surface area contributed by atoms with Crippen LogP contribution in [0.2, 0.25) is 5.02 Å². The Kier molecular flexibility index (Phi) is 6.38. The first-order valence-corrected chi connectivity index (χ1v) is 6.68. The number of halogens is 1. The summed E-state index contributed by atoms with van der Waals surface area (Å²) in [5.74, 6) is 0.780. The van der Waals surface area contributed by atoms with Gasteiger partial charge >= 0.3 is 0 Å². The van der Waals surface area contributed by atoms with E-state index in [4.69, 9.17) is 16.3 Å². The van der Waals surface area contributed by atoms with Gasteiger partial charge in [-0.05, 0) is 44.0 Å². The van der Waals surface area contributed by atoms with Crippen molar-refractivity contribution in [3.05, 3.63) is 28.8 Å². The van der Waals surface area contributed by atoms with Crippen molar-refractivity contribution in [2.75, 3.05) is 13.1 Å². The first-order valence-electron chi connectivity index (χ1n) is 6.30. The molecule has 1 rings (SSSR count). The van der Waals surface area contributed by atoms with Crippen molar-refractivity contribution in [1.29, 1.82) is 0 Å². The van der Waals surface area contributed by atoms with Gasteiger partial charge in [-0.1, -0.05) is 31.5 Å². The third-order valence-electron chi connectivity index (χ3n) is 2.64. The largest absolute Gasteiger partial charge is 0.488 e. The molecule has 1 N–H and O–H groups in total. The van der Waals surface area contributed by atoms with Crippen LogP contribution < -0.4 is 10.1 Å². The summed E-state index contributed by atoms with van der Waals surface area (Å²) in [6.07, 6.45) is 2.30. The number of ether oxygens (including phenoxy) is 1. The number of aryl methyl sites for hydroxylation is 1. The molecule has 0 heterocycles. The van der Waals surface area contributed by atoms with Crippen LogP contribution in [0.15, 0.2) is 18.2 Å². The van der Waals surface area contributed by atoms with E-state index < -0.39 is 0 Å². The van der Waals surface area contributed by atoms with Crippen molar-refractivity contribution in [2.45, 2.75) is 39.7 Å². The lowest BCUT2D eigenvalue weighted by Gasteiger charge is -2.19. The Morgan fingerprint density at radius 1 is 1.35 bits per heavy atom. The summed E-state index contributed by atoms with van der Waals surface area (Å²) < 4.78 is 5.90. The number of nitrogens with one attached hydrogen (secondary N) is 1. The van der Waals surface area contributed by atoms with Gasteiger partial charge in [-0.25, -0.2) is 0 Å². The predicted molar refractivity (Wildman–Crippen MR) is 74.1 cm³/mol. The first-order chi connectivity index (χ1) is 8.17. The second kappa shape index (κ2) is 7.57. The van der Waals surface area contributed by atoms with Crippen LogP contribution in [0.1, 0.15) is 32.3 Å². The van der Waals surface area contributed by atoms with E-state index in [9.17, 15) is 0 Å². The average molecular weight is 256 g/mol. The van der Waals surface area contributed by atoms with E-state index in [2.05, 4.69) is 19.2 Å². The van der Waals surface area contributed by atoms with Gasteiger partial charge in [-0.3, -0.25) is 0 Å². The molecule has 17 heavy (non-hydrogen) atoms. The molecule has 1 aromatic carbocycles. The van der Waals surface area contributed by atoms with Gasteiger partial charge < -0.3 is 10.1 Å². The predicted octanol–water partition coefficient (Wildman–Crippen LogP) is 3.81. The number of hydrogen-bond donors (Lipinski definition) is 1. The van der Waals surface area contributed by atoms with Crippen molar-refractivity contribution in [1.82, 2.24) is 5.32 Å². The number of benzene rings is 1. The highest BCUT2D eigenvalue weighted by Gasteiger charge is 2.10. The molecule has 0 aliphatic rings. The van der Waals surface area contributed by atoms with E-state index in [0.29, 0.717) is 5.02 Å². The van der Waals surface area contributed by atoms with Crippen LogP contribution in [0.5, 0.6) is 5.75 Å². The van der Waals surface area contributed by atoms with Crippen LogP contribution in [0.3, 0.4) is 0 Å². The zero-order valence-corrected chi connectivity index (χ0v) is 11.7. The van der Waals surface area contributed by atoms with E-state index in [-0.39, 0.29) is 6.10 Å². The van der Waals surface area contributed by atoms with Crippen LogP contribution in [0.4, 0.5) is 0 Å². The van der Waals surface area contributed by atoms with Crippen molar-refractivity contribution >= 4 is 11.6 Å². The summed E-state index contributed by atoms with van der Waals surface area (Å²) in [5, 5.41) is 4.06. The smallest absolute Gasteiger partial charge is 0.138 e. The van der Waals surface area contributed by atoms with Gasteiger partial charge in [-0.2, -0.15) is 0 Å². The highest BCUT2D eigenvalue weighted by molar-refractivity contribution is 6.32. The summed E-state index contributed by atoms with van der Waals surface area (Å²) in [7, 11) is 0. The second-order valence-electron chi connectivity index (χ2n) is 4.29. The molecule has 0 radical (unpaired) electrons. The summed E-state index contributed by atoms with van der Waals surface area (Å²) in [6, 6.07) is 5.90. The van der Waals surface area contributed by atoms with Crippen molar-refractivity contribution in [3.63, 3.8) is 0 Å². The molecule has 2 nitrogen and oxygen atoms in total. The SMILES string of the molecule is CCCNCC(CC)Oc1ccc(C)cc1Cl. The lowest BCUT2D eigenvalue weighted by molar-refractivity contribution is 0.193. The minimum absolute atomic E-state index is 0.182. The molecule has 0 aliphatic carbocycles. The Balaban J connectivity index is 2.54. The van der Waals surface area contributed by atoms with Gasteiger partial charge in [0, 0.05) is 6.54 Å². The van der Waals surface area contributed by atoms with E-state index in [1.807, 2.05) is 25.1 Å². The van der Waals surface area contributed by atoms with Crippen LogP contribution in [0.25, 0.3) is 0 Å². The molecule has 0 saturated heterocycles. The van der Waals surface area contributed by atoms with Crippen molar-refractivity contribution in [3.8, 4) is 5.75 Å². The van der Waals surface area contributed by atoms with E-state index in [1.165, 1.54) is 0 Å². The Morgan fingerprint density at radius 3 is 2.71 bits per heavy atom. The van der Waals surface area contributed by atoms with Crippen LogP contribution in [-0.4, -0.2) is 19.2 Å². The zero-order valence-electron chi connectivity index (χ0n) is 10.9. The zero-order chi connectivity index (χ0) is 12.7. The summed E-state index contributed by atoms with van der Waals surface area (Å²) in [5.41, 5.74) is 1.15. The molecule has 0 saturated carbocycles. The normalized spacial score (nSPS) is 12.5. The highest BCUT2D eigenvalue weighted by atomic mass is 35.5. The Labute approximate surface area is 109 Å². The maximum atomic E-state index is 6.15. The topological polar surface area (TPSA) is 21.3 Å². The Morgan fingerprint density at radius 2 is 2.12 bits per heavy atom. The summed E-state index contributed by atoms with van der Waals surface area (Å²) in [4.78, 5) is 0. The van der Waals surface area contributed by atoms with Gasteiger partial charge in [0.15, 0.2) is 0 Å². The Hall–Kier alpha value is -0.730. The van der Waals surface area contributed by atoms with E-state index in [0.717, 1.165) is 37.2 Å². The molecule has 3 heteroatoms. The fourth-order valence-electron chi connectivity index (χ4n) is 1.59. The molecular weight excluding hydrogens is 234 g/mol. The monoisotopic (exact) mass is 255 g/mol. The van der Waals surface area contributed by atoms with Crippen LogP contribution in [-0.2, 0) is 0 Å². The first kappa shape index (κ1) is 14.3. The van der Waals surface area contributed by atoms with E-state index in [1.54, 1.807) is 0 Å². The molecule has 1 unspecified atom stereocenters. The Bertz CT molecular complexity index is 341. The van der Waals surface area contributed by atoms with Gasteiger partial charge in [0.2, 0.25) is 0 Å². The molecule has 1 aromatic rings. The van der Waals surface area contributed by atoms with Gasteiger partial charge in [0.05, 0.1) is 5.02 Å². The minimum Gasteiger partial charge on any atom is -0.488 e. The molecule has 96 valence electrons. The van der Waals surface area contributed by atoms with E-state index >= 15 is 0 Å². The quantitative estimate of drug-likeness (QED) is 0.749. The maximum Gasteiger partial charge on any atom is 0.138 e. The van der Waals surface area contributed by atoms with Crippen molar-refractivity contribution < 1.29 is 4.74 Å².